The third-order valence-electron chi connectivity index (χ3n) is 2.19. The Bertz CT molecular complexity index is 575. The molecule has 0 fully saturated rings. The summed E-state index contributed by atoms with van der Waals surface area (Å²) in [7, 11) is 1.77. The Kier molecular flexibility index (Phi) is 4.07. The molecule has 18 heavy (non-hydrogen) atoms. The molecule has 0 aliphatic carbocycles. The smallest absolute Gasteiger partial charge is 0.223 e. The molecule has 0 aliphatic rings. The van der Waals surface area contributed by atoms with Gasteiger partial charge in [0, 0.05) is 16.7 Å². The van der Waals surface area contributed by atoms with Crippen LogP contribution in [0.3, 0.4) is 0 Å². The first-order valence-electron chi connectivity index (χ1n) is 5.13. The molecule has 2 aromatic rings. The van der Waals surface area contributed by atoms with Crippen LogP contribution in [0.5, 0.6) is 0 Å². The van der Waals surface area contributed by atoms with Gasteiger partial charge < -0.3 is 16.4 Å². The summed E-state index contributed by atoms with van der Waals surface area (Å²) >= 11 is 8.34. The van der Waals surface area contributed by atoms with Crippen molar-refractivity contribution in [2.45, 2.75) is 0 Å². The Balaban J connectivity index is 2.30. The summed E-state index contributed by atoms with van der Waals surface area (Å²) in [6.07, 6.45) is 0. The lowest BCUT2D eigenvalue weighted by Crippen LogP contribution is -2.03. The average Bonchev–Trinajstić information content (AvgIpc) is 2.32. The van der Waals surface area contributed by atoms with E-state index in [1.54, 1.807) is 13.1 Å². The number of nitrogen functional groups attached to an aromatic ring is 1. The van der Waals surface area contributed by atoms with Crippen LogP contribution in [-0.2, 0) is 0 Å². The number of rotatable bonds is 3. The highest BCUT2D eigenvalue weighted by atomic mass is 127. The molecule has 1 heterocycles. The molecule has 7 heteroatoms. The highest BCUT2D eigenvalue weighted by Crippen LogP contribution is 2.27. The molecule has 2 rings (SSSR count). The van der Waals surface area contributed by atoms with E-state index in [9.17, 15) is 0 Å². The van der Waals surface area contributed by atoms with Gasteiger partial charge in [-0.3, -0.25) is 0 Å². The van der Waals surface area contributed by atoms with E-state index in [0.717, 1.165) is 9.26 Å². The second-order valence-corrected chi connectivity index (χ2v) is 5.15. The lowest BCUT2D eigenvalue weighted by Gasteiger charge is -2.09. The van der Waals surface area contributed by atoms with Crippen molar-refractivity contribution in [3.63, 3.8) is 0 Å². The van der Waals surface area contributed by atoms with Crippen LogP contribution in [0.4, 0.5) is 23.3 Å². The molecule has 4 N–H and O–H groups in total. The normalized spacial score (nSPS) is 10.2. The lowest BCUT2D eigenvalue weighted by atomic mass is 10.3. The van der Waals surface area contributed by atoms with Crippen molar-refractivity contribution < 1.29 is 0 Å². The number of hydrogen-bond donors (Lipinski definition) is 3. The first kappa shape index (κ1) is 13.2. The van der Waals surface area contributed by atoms with Gasteiger partial charge in [0.05, 0.1) is 10.7 Å². The van der Waals surface area contributed by atoms with Gasteiger partial charge in [0.2, 0.25) is 5.95 Å². The average molecular weight is 376 g/mol. The van der Waals surface area contributed by atoms with E-state index in [1.807, 2.05) is 18.2 Å². The molecule has 0 saturated heterocycles. The summed E-state index contributed by atoms with van der Waals surface area (Å²) in [6.45, 7) is 0. The lowest BCUT2D eigenvalue weighted by molar-refractivity contribution is 1.17. The predicted octanol–water partition coefficient (Wildman–Crippen LogP) is 3.10. The van der Waals surface area contributed by atoms with Crippen molar-refractivity contribution in [3.8, 4) is 0 Å². The minimum absolute atomic E-state index is 0.200. The second-order valence-electron chi connectivity index (χ2n) is 3.50. The molecule has 0 atom stereocenters. The molecule has 0 saturated carbocycles. The van der Waals surface area contributed by atoms with Crippen molar-refractivity contribution in [2.24, 2.45) is 0 Å². The fourth-order valence-electron chi connectivity index (χ4n) is 1.39. The van der Waals surface area contributed by atoms with E-state index in [4.69, 9.17) is 17.3 Å². The van der Waals surface area contributed by atoms with E-state index in [0.29, 0.717) is 16.7 Å². The Labute approximate surface area is 123 Å². The Morgan fingerprint density at radius 1 is 1.22 bits per heavy atom. The molecule has 1 aromatic heterocycles. The molecule has 94 valence electrons. The predicted molar refractivity (Wildman–Crippen MR) is 83.4 cm³/mol. The van der Waals surface area contributed by atoms with Crippen LogP contribution in [0.2, 0.25) is 5.02 Å². The molecule has 0 spiro atoms. The highest BCUT2D eigenvalue weighted by molar-refractivity contribution is 14.1. The van der Waals surface area contributed by atoms with Crippen LogP contribution in [0.15, 0.2) is 24.3 Å². The van der Waals surface area contributed by atoms with E-state index < -0.39 is 0 Å². The largest absolute Gasteiger partial charge is 0.373 e. The number of halogens is 2. The quantitative estimate of drug-likeness (QED) is 0.719. The third-order valence-corrected chi connectivity index (χ3v) is 3.18. The van der Waals surface area contributed by atoms with E-state index in [2.05, 4.69) is 43.2 Å². The SMILES string of the molecule is CNc1cc(Nc2ccc(I)cc2Cl)nc(N)n1. The summed E-state index contributed by atoms with van der Waals surface area (Å²) in [5.41, 5.74) is 6.39. The van der Waals surface area contributed by atoms with Gasteiger partial charge in [-0.1, -0.05) is 11.6 Å². The standard InChI is InChI=1S/C11H11ClIN5/c1-15-9-5-10(18-11(14)17-9)16-8-3-2-6(13)4-7(8)12/h2-5H,1H3,(H4,14,15,16,17,18). The molecule has 0 bridgehead atoms. The minimum Gasteiger partial charge on any atom is -0.373 e. The molecule has 0 unspecified atom stereocenters. The number of nitrogens with zero attached hydrogens (tertiary/aromatic N) is 2. The van der Waals surface area contributed by atoms with Gasteiger partial charge in [-0.15, -0.1) is 0 Å². The maximum atomic E-state index is 6.14. The van der Waals surface area contributed by atoms with Crippen LogP contribution < -0.4 is 16.4 Å². The van der Waals surface area contributed by atoms with Crippen LogP contribution in [-0.4, -0.2) is 17.0 Å². The second kappa shape index (κ2) is 5.57. The third kappa shape index (κ3) is 3.14. The molecule has 0 amide bonds. The number of benzene rings is 1. The Morgan fingerprint density at radius 3 is 2.61 bits per heavy atom. The van der Waals surface area contributed by atoms with Crippen LogP contribution >= 0.6 is 34.2 Å². The maximum Gasteiger partial charge on any atom is 0.223 e. The summed E-state index contributed by atoms with van der Waals surface area (Å²) in [6, 6.07) is 7.47. The maximum absolute atomic E-state index is 6.14. The zero-order valence-corrected chi connectivity index (χ0v) is 12.5. The highest BCUT2D eigenvalue weighted by Gasteiger charge is 2.05. The zero-order chi connectivity index (χ0) is 13.1. The van der Waals surface area contributed by atoms with Crippen molar-refractivity contribution in [1.29, 1.82) is 0 Å². The van der Waals surface area contributed by atoms with Gasteiger partial charge in [-0.2, -0.15) is 9.97 Å². The summed E-state index contributed by atoms with van der Waals surface area (Å²) < 4.78 is 1.07. The van der Waals surface area contributed by atoms with Gasteiger partial charge in [-0.25, -0.2) is 0 Å². The van der Waals surface area contributed by atoms with Crippen LogP contribution in [0.1, 0.15) is 0 Å². The number of nitrogens with two attached hydrogens (primary N) is 1. The molecular weight excluding hydrogens is 365 g/mol. The first-order valence-corrected chi connectivity index (χ1v) is 6.58. The number of anilines is 4. The van der Waals surface area contributed by atoms with Crippen LogP contribution in [0.25, 0.3) is 0 Å². The number of aromatic nitrogens is 2. The fraction of sp³-hybridized carbons (Fsp3) is 0.0909. The van der Waals surface area contributed by atoms with Gasteiger partial charge >= 0.3 is 0 Å². The molecule has 1 aromatic carbocycles. The van der Waals surface area contributed by atoms with E-state index >= 15 is 0 Å². The van der Waals surface area contributed by atoms with Gasteiger partial charge in [0.25, 0.3) is 0 Å². The zero-order valence-electron chi connectivity index (χ0n) is 9.54. The molecule has 0 aliphatic heterocycles. The summed E-state index contributed by atoms with van der Waals surface area (Å²) in [4.78, 5) is 8.11. The van der Waals surface area contributed by atoms with Crippen molar-refractivity contribution >= 4 is 57.5 Å². The number of hydrogen-bond acceptors (Lipinski definition) is 5. The molecule has 0 radical (unpaired) electrons. The fourth-order valence-corrected chi connectivity index (χ4v) is 2.29. The monoisotopic (exact) mass is 375 g/mol. The minimum atomic E-state index is 0.200. The molecular formula is C11H11ClIN5. The van der Waals surface area contributed by atoms with Crippen molar-refractivity contribution in [3.05, 3.63) is 32.9 Å². The van der Waals surface area contributed by atoms with E-state index in [-0.39, 0.29) is 5.95 Å². The van der Waals surface area contributed by atoms with Crippen LogP contribution in [0, 0.1) is 3.57 Å². The number of nitrogens with one attached hydrogen (secondary N) is 2. The Hall–Kier alpha value is -1.28. The Morgan fingerprint density at radius 2 is 1.94 bits per heavy atom. The van der Waals surface area contributed by atoms with Crippen molar-refractivity contribution in [1.82, 2.24) is 9.97 Å². The van der Waals surface area contributed by atoms with Gasteiger partial charge in [0.15, 0.2) is 0 Å². The summed E-state index contributed by atoms with van der Waals surface area (Å²) in [5.74, 6) is 1.44. The van der Waals surface area contributed by atoms with Gasteiger partial charge in [0.1, 0.15) is 11.6 Å². The molecule has 5 nitrogen and oxygen atoms in total. The first-order chi connectivity index (χ1) is 8.58. The summed E-state index contributed by atoms with van der Waals surface area (Å²) in [5, 5.41) is 6.65. The van der Waals surface area contributed by atoms with Gasteiger partial charge in [-0.05, 0) is 40.8 Å². The van der Waals surface area contributed by atoms with E-state index in [1.165, 1.54) is 0 Å². The topological polar surface area (TPSA) is 75.9 Å². The van der Waals surface area contributed by atoms with Crippen molar-refractivity contribution in [2.75, 3.05) is 23.4 Å².